The minimum Gasteiger partial charge on any atom is -0.325 e. The standard InChI is InChI=1S/C21H23ClN6O3S/c1-13-11-32-20(24-13)28(15-8-6-14(22)7-9-15)16(29)5-4-10-27-12-23-18-17(27)19(30)26(3)21(31)25(18)2/h6-9,12-13H,4-5,10-11H2,1-3H3/t13-/m0/s1. The zero-order valence-electron chi connectivity index (χ0n) is 18.0. The van der Waals surface area contributed by atoms with E-state index in [-0.39, 0.29) is 18.4 Å². The Balaban J connectivity index is 1.54. The lowest BCUT2D eigenvalue weighted by Gasteiger charge is -2.22. The number of aromatic nitrogens is 4. The van der Waals surface area contributed by atoms with E-state index in [1.54, 1.807) is 52.5 Å². The van der Waals surface area contributed by atoms with Crippen LogP contribution in [0.3, 0.4) is 0 Å². The summed E-state index contributed by atoms with van der Waals surface area (Å²) in [5.74, 6) is 0.743. The van der Waals surface area contributed by atoms with Crippen molar-refractivity contribution in [1.29, 1.82) is 0 Å². The van der Waals surface area contributed by atoms with Crippen molar-refractivity contribution in [2.24, 2.45) is 19.1 Å². The van der Waals surface area contributed by atoms with Gasteiger partial charge in [-0.15, -0.1) is 0 Å². The number of nitrogens with zero attached hydrogens (tertiary/aromatic N) is 6. The van der Waals surface area contributed by atoms with Gasteiger partial charge < -0.3 is 4.57 Å². The molecule has 0 unspecified atom stereocenters. The number of carbonyl (C=O) groups excluding carboxylic acids is 1. The second kappa shape index (κ2) is 8.95. The molecule has 1 aliphatic heterocycles. The number of halogens is 1. The number of aliphatic imine (C=N–C) groups is 1. The fourth-order valence-electron chi connectivity index (χ4n) is 3.61. The Bertz CT molecular complexity index is 1320. The van der Waals surface area contributed by atoms with Crippen molar-refractivity contribution in [2.45, 2.75) is 32.4 Å². The molecule has 4 rings (SSSR count). The summed E-state index contributed by atoms with van der Waals surface area (Å²) in [6.07, 6.45) is 2.28. The molecular formula is C21H23ClN6O3S. The van der Waals surface area contributed by atoms with Crippen LogP contribution < -0.4 is 16.1 Å². The summed E-state index contributed by atoms with van der Waals surface area (Å²) in [5, 5.41) is 1.28. The molecular weight excluding hydrogens is 452 g/mol. The van der Waals surface area contributed by atoms with Crippen LogP contribution in [0.2, 0.25) is 5.02 Å². The van der Waals surface area contributed by atoms with E-state index >= 15 is 0 Å². The lowest BCUT2D eigenvalue weighted by Crippen LogP contribution is -2.37. The van der Waals surface area contributed by atoms with Gasteiger partial charge in [0.25, 0.3) is 5.56 Å². The molecule has 9 nitrogen and oxygen atoms in total. The van der Waals surface area contributed by atoms with Gasteiger partial charge in [-0.1, -0.05) is 23.4 Å². The Morgan fingerprint density at radius 3 is 2.59 bits per heavy atom. The molecule has 0 bridgehead atoms. The van der Waals surface area contributed by atoms with Crippen LogP contribution in [0.15, 0.2) is 45.2 Å². The minimum absolute atomic E-state index is 0.0857. The lowest BCUT2D eigenvalue weighted by atomic mass is 10.2. The summed E-state index contributed by atoms with van der Waals surface area (Å²) in [6, 6.07) is 7.26. The largest absolute Gasteiger partial charge is 0.332 e. The first-order chi connectivity index (χ1) is 15.3. The summed E-state index contributed by atoms with van der Waals surface area (Å²) in [4.78, 5) is 48.4. The zero-order valence-corrected chi connectivity index (χ0v) is 19.6. The molecule has 1 aliphatic rings. The maximum Gasteiger partial charge on any atom is 0.332 e. The SMILES string of the molecule is C[C@H]1CSC(N(C(=O)CCCn2cnc3c2c(=O)n(C)c(=O)n3C)c2ccc(Cl)cc2)=N1. The smallest absolute Gasteiger partial charge is 0.325 e. The fraction of sp³-hybridized carbons (Fsp3) is 0.381. The monoisotopic (exact) mass is 474 g/mol. The average molecular weight is 475 g/mol. The molecule has 0 saturated carbocycles. The highest BCUT2D eigenvalue weighted by atomic mass is 35.5. The van der Waals surface area contributed by atoms with Crippen molar-refractivity contribution in [1.82, 2.24) is 18.7 Å². The van der Waals surface area contributed by atoms with Crippen molar-refractivity contribution in [3.63, 3.8) is 0 Å². The Kier molecular flexibility index (Phi) is 6.25. The Hall–Kier alpha value is -2.85. The molecule has 0 N–H and O–H groups in total. The topological polar surface area (TPSA) is 94.5 Å². The lowest BCUT2D eigenvalue weighted by molar-refractivity contribution is -0.117. The number of rotatable bonds is 5. The third-order valence-corrected chi connectivity index (χ3v) is 6.76. The van der Waals surface area contributed by atoms with Crippen LogP contribution in [-0.4, -0.2) is 41.6 Å². The number of hydrogen-bond donors (Lipinski definition) is 0. The van der Waals surface area contributed by atoms with Crippen LogP contribution in [0.1, 0.15) is 19.8 Å². The number of fused-ring (bicyclic) bond motifs is 1. The van der Waals surface area contributed by atoms with E-state index in [1.807, 2.05) is 6.92 Å². The van der Waals surface area contributed by atoms with Gasteiger partial charge in [0.1, 0.15) is 0 Å². The molecule has 0 fully saturated rings. The van der Waals surface area contributed by atoms with Gasteiger partial charge in [-0.25, -0.2) is 9.78 Å². The van der Waals surface area contributed by atoms with Gasteiger partial charge in [-0.05, 0) is 37.6 Å². The van der Waals surface area contributed by atoms with Gasteiger partial charge in [0.15, 0.2) is 16.3 Å². The molecule has 1 aromatic carbocycles. The summed E-state index contributed by atoms with van der Waals surface area (Å²) in [5.41, 5.74) is 0.571. The van der Waals surface area contributed by atoms with Crippen LogP contribution in [0.25, 0.3) is 11.2 Å². The maximum absolute atomic E-state index is 13.2. The average Bonchev–Trinajstić information content (AvgIpc) is 3.39. The fourth-order valence-corrected chi connectivity index (χ4v) is 4.79. The second-order valence-corrected chi connectivity index (χ2v) is 9.12. The highest BCUT2D eigenvalue weighted by molar-refractivity contribution is 8.14. The predicted molar refractivity (Wildman–Crippen MR) is 128 cm³/mol. The molecule has 11 heteroatoms. The maximum atomic E-state index is 13.2. The molecule has 0 spiro atoms. The van der Waals surface area contributed by atoms with Crippen LogP contribution in [0.4, 0.5) is 5.69 Å². The number of amidine groups is 1. The van der Waals surface area contributed by atoms with Gasteiger partial charge in [-0.3, -0.25) is 28.6 Å². The van der Waals surface area contributed by atoms with Crippen LogP contribution in [0.5, 0.6) is 0 Å². The third-order valence-electron chi connectivity index (χ3n) is 5.32. The van der Waals surface area contributed by atoms with E-state index in [1.165, 1.54) is 17.9 Å². The molecule has 1 amide bonds. The highest BCUT2D eigenvalue weighted by Gasteiger charge is 2.26. The first-order valence-corrected chi connectivity index (χ1v) is 11.5. The molecule has 168 valence electrons. The van der Waals surface area contributed by atoms with Gasteiger partial charge in [-0.2, -0.15) is 0 Å². The van der Waals surface area contributed by atoms with Crippen LogP contribution >= 0.6 is 23.4 Å². The quantitative estimate of drug-likeness (QED) is 0.566. The Labute approximate surface area is 193 Å². The summed E-state index contributed by atoms with van der Waals surface area (Å²) in [7, 11) is 3.02. The molecule has 0 radical (unpaired) electrons. The first kappa shape index (κ1) is 22.3. The second-order valence-electron chi connectivity index (χ2n) is 7.70. The number of amides is 1. The van der Waals surface area contributed by atoms with Gasteiger partial charge in [0.2, 0.25) is 5.91 Å². The van der Waals surface area contributed by atoms with E-state index in [0.29, 0.717) is 34.3 Å². The zero-order chi connectivity index (χ0) is 23.0. The van der Waals surface area contributed by atoms with E-state index in [2.05, 4.69) is 9.98 Å². The van der Waals surface area contributed by atoms with Crippen molar-refractivity contribution in [2.75, 3.05) is 10.7 Å². The number of imidazole rings is 1. The number of benzene rings is 1. The number of aryl methyl sites for hydroxylation is 2. The summed E-state index contributed by atoms with van der Waals surface area (Å²) in [6.45, 7) is 2.43. The van der Waals surface area contributed by atoms with Crippen molar-refractivity contribution in [3.8, 4) is 0 Å². The van der Waals surface area contributed by atoms with E-state index in [9.17, 15) is 14.4 Å². The van der Waals surface area contributed by atoms with Crippen LogP contribution in [0, 0.1) is 0 Å². The van der Waals surface area contributed by atoms with Gasteiger partial charge in [0.05, 0.1) is 18.1 Å². The number of carbonyl (C=O) groups is 1. The normalized spacial score (nSPS) is 15.9. The van der Waals surface area contributed by atoms with Gasteiger partial charge in [0, 0.05) is 37.8 Å². The predicted octanol–water partition coefficient (Wildman–Crippen LogP) is 2.39. The van der Waals surface area contributed by atoms with E-state index in [0.717, 1.165) is 16.0 Å². The Morgan fingerprint density at radius 2 is 1.94 bits per heavy atom. The summed E-state index contributed by atoms with van der Waals surface area (Å²) >= 11 is 7.57. The third kappa shape index (κ3) is 4.12. The molecule has 3 heterocycles. The van der Waals surface area contributed by atoms with Crippen molar-refractivity contribution in [3.05, 3.63) is 56.5 Å². The molecule has 32 heavy (non-hydrogen) atoms. The number of hydrogen-bond acceptors (Lipinski definition) is 6. The first-order valence-electron chi connectivity index (χ1n) is 10.2. The van der Waals surface area contributed by atoms with E-state index < -0.39 is 11.2 Å². The van der Waals surface area contributed by atoms with Crippen LogP contribution in [-0.2, 0) is 25.4 Å². The number of anilines is 1. The molecule has 0 saturated heterocycles. The van der Waals surface area contributed by atoms with Crippen molar-refractivity contribution >= 4 is 51.3 Å². The summed E-state index contributed by atoms with van der Waals surface area (Å²) < 4.78 is 4.10. The molecule has 2 aromatic heterocycles. The molecule has 3 aromatic rings. The van der Waals surface area contributed by atoms with Gasteiger partial charge >= 0.3 is 5.69 Å². The van der Waals surface area contributed by atoms with E-state index in [4.69, 9.17) is 11.6 Å². The molecule has 0 aliphatic carbocycles. The highest BCUT2D eigenvalue weighted by Crippen LogP contribution is 2.27. The Morgan fingerprint density at radius 1 is 1.22 bits per heavy atom. The van der Waals surface area contributed by atoms with Crippen molar-refractivity contribution < 1.29 is 4.79 Å². The minimum atomic E-state index is -0.425. The molecule has 1 atom stereocenters. The number of thioether (sulfide) groups is 1.